The highest BCUT2D eigenvalue weighted by molar-refractivity contribution is 5.47. The Morgan fingerprint density at radius 3 is 1.89 bits per heavy atom. The zero-order chi connectivity index (χ0) is 14.4. The molecule has 0 heterocycles. The molecular formula is C16H31NO. The lowest BCUT2D eigenvalue weighted by atomic mass is 10.2. The molecule has 0 bridgehead atoms. The van der Waals surface area contributed by atoms with Crippen molar-refractivity contribution in [3.63, 3.8) is 0 Å². The molecule has 2 heteroatoms. The first-order valence-corrected chi connectivity index (χ1v) is 7.08. The fourth-order valence-corrected chi connectivity index (χ4v) is 1.43. The van der Waals surface area contributed by atoms with E-state index in [0.29, 0.717) is 0 Å². The Labute approximate surface area is 114 Å². The van der Waals surface area contributed by atoms with E-state index in [1.807, 2.05) is 27.7 Å². The predicted molar refractivity (Wildman–Crippen MR) is 83.6 cm³/mol. The molecule has 0 atom stereocenters. The van der Waals surface area contributed by atoms with Crippen LogP contribution in [-0.2, 0) is 4.74 Å². The van der Waals surface area contributed by atoms with Crippen molar-refractivity contribution in [3.05, 3.63) is 29.8 Å². The molecular weight excluding hydrogens is 222 g/mol. The highest BCUT2D eigenvalue weighted by atomic mass is 16.5. The standard InChI is InChI=1S/C12H19NO.2C2H6/c1-4-13(9-10-14-3)12-7-5-11(2)6-8-12;2*1-2/h5-8H,4,9-10H2,1-3H3;2*1-2H3. The lowest BCUT2D eigenvalue weighted by Gasteiger charge is -2.22. The molecule has 0 fully saturated rings. The zero-order valence-electron chi connectivity index (χ0n) is 13.3. The highest BCUT2D eigenvalue weighted by Crippen LogP contribution is 2.14. The largest absolute Gasteiger partial charge is 0.383 e. The molecule has 0 amide bonds. The van der Waals surface area contributed by atoms with Gasteiger partial charge in [0.05, 0.1) is 6.61 Å². The summed E-state index contributed by atoms with van der Waals surface area (Å²) in [7, 11) is 1.74. The first-order chi connectivity index (χ1) is 8.77. The Bertz CT molecular complexity index is 256. The van der Waals surface area contributed by atoms with Crippen LogP contribution in [-0.4, -0.2) is 26.8 Å². The van der Waals surface area contributed by atoms with Crippen LogP contribution in [0.4, 0.5) is 5.69 Å². The second-order valence-electron chi connectivity index (χ2n) is 3.41. The minimum absolute atomic E-state index is 0.779. The van der Waals surface area contributed by atoms with Crippen LogP contribution in [0.15, 0.2) is 24.3 Å². The van der Waals surface area contributed by atoms with Gasteiger partial charge in [0.1, 0.15) is 0 Å². The second-order valence-corrected chi connectivity index (χ2v) is 3.41. The average molecular weight is 253 g/mol. The molecule has 1 aromatic carbocycles. The molecule has 0 spiro atoms. The van der Waals surface area contributed by atoms with Gasteiger partial charge in [-0.05, 0) is 26.0 Å². The fourth-order valence-electron chi connectivity index (χ4n) is 1.43. The predicted octanol–water partition coefficient (Wildman–Crippen LogP) is 4.52. The number of hydrogen-bond acceptors (Lipinski definition) is 2. The van der Waals surface area contributed by atoms with Crippen molar-refractivity contribution in [2.75, 3.05) is 31.7 Å². The number of hydrogen-bond donors (Lipinski definition) is 0. The van der Waals surface area contributed by atoms with Crippen molar-refractivity contribution >= 4 is 5.69 Å². The quantitative estimate of drug-likeness (QED) is 0.765. The van der Waals surface area contributed by atoms with Gasteiger partial charge in [0.25, 0.3) is 0 Å². The highest BCUT2D eigenvalue weighted by Gasteiger charge is 2.02. The molecule has 0 aromatic heterocycles. The van der Waals surface area contributed by atoms with Crippen LogP contribution in [0.25, 0.3) is 0 Å². The van der Waals surface area contributed by atoms with Gasteiger partial charge in [0.15, 0.2) is 0 Å². The van der Waals surface area contributed by atoms with Gasteiger partial charge in [-0.1, -0.05) is 45.4 Å². The SMILES string of the molecule is CC.CC.CCN(CCOC)c1ccc(C)cc1. The molecule has 1 aromatic rings. The minimum atomic E-state index is 0.779. The Kier molecular flexibility index (Phi) is 15.1. The lowest BCUT2D eigenvalue weighted by Crippen LogP contribution is -2.26. The van der Waals surface area contributed by atoms with Crippen molar-refractivity contribution in [2.45, 2.75) is 41.5 Å². The third-order valence-corrected chi connectivity index (χ3v) is 2.35. The molecule has 0 radical (unpaired) electrons. The molecule has 0 N–H and O–H groups in total. The van der Waals surface area contributed by atoms with Gasteiger partial charge in [-0.15, -0.1) is 0 Å². The number of nitrogens with zero attached hydrogens (tertiary/aromatic N) is 1. The van der Waals surface area contributed by atoms with Crippen LogP contribution in [0.3, 0.4) is 0 Å². The van der Waals surface area contributed by atoms with E-state index in [1.54, 1.807) is 7.11 Å². The molecule has 0 aliphatic heterocycles. The summed E-state index contributed by atoms with van der Waals surface area (Å²) in [6.07, 6.45) is 0. The molecule has 106 valence electrons. The van der Waals surface area contributed by atoms with Gasteiger partial charge in [-0.2, -0.15) is 0 Å². The maximum Gasteiger partial charge on any atom is 0.0637 e. The Hall–Kier alpha value is -1.02. The van der Waals surface area contributed by atoms with Crippen molar-refractivity contribution < 1.29 is 4.74 Å². The third-order valence-electron chi connectivity index (χ3n) is 2.35. The van der Waals surface area contributed by atoms with Crippen molar-refractivity contribution in [1.82, 2.24) is 0 Å². The molecule has 0 saturated heterocycles. The monoisotopic (exact) mass is 253 g/mol. The van der Waals surface area contributed by atoms with Gasteiger partial charge in [0.2, 0.25) is 0 Å². The summed E-state index contributed by atoms with van der Waals surface area (Å²) < 4.78 is 5.08. The summed E-state index contributed by atoms with van der Waals surface area (Å²) in [5.74, 6) is 0. The number of likely N-dealkylation sites (N-methyl/N-ethyl adjacent to an activating group) is 1. The van der Waals surface area contributed by atoms with Crippen molar-refractivity contribution in [2.24, 2.45) is 0 Å². The van der Waals surface area contributed by atoms with Gasteiger partial charge < -0.3 is 9.64 Å². The topological polar surface area (TPSA) is 12.5 Å². The Morgan fingerprint density at radius 1 is 1.00 bits per heavy atom. The third kappa shape index (κ3) is 8.13. The van der Waals surface area contributed by atoms with Crippen LogP contribution in [0.1, 0.15) is 40.2 Å². The molecule has 0 aliphatic rings. The average Bonchev–Trinajstić information content (AvgIpc) is 2.46. The summed E-state index contributed by atoms with van der Waals surface area (Å²) in [5.41, 5.74) is 2.58. The normalized spacial score (nSPS) is 8.61. The summed E-state index contributed by atoms with van der Waals surface area (Å²) in [5, 5.41) is 0. The van der Waals surface area contributed by atoms with E-state index < -0.39 is 0 Å². The maximum atomic E-state index is 5.08. The zero-order valence-corrected chi connectivity index (χ0v) is 13.3. The molecule has 1 rings (SSSR count). The van der Waals surface area contributed by atoms with E-state index in [-0.39, 0.29) is 0 Å². The smallest absolute Gasteiger partial charge is 0.0637 e. The van der Waals surface area contributed by atoms with Gasteiger partial charge in [0, 0.05) is 25.9 Å². The molecule has 2 nitrogen and oxygen atoms in total. The van der Waals surface area contributed by atoms with E-state index >= 15 is 0 Å². The van der Waals surface area contributed by atoms with E-state index in [1.165, 1.54) is 11.3 Å². The van der Waals surface area contributed by atoms with Crippen LogP contribution in [0.2, 0.25) is 0 Å². The van der Waals surface area contributed by atoms with E-state index in [2.05, 4.69) is 43.0 Å². The number of ether oxygens (including phenoxy) is 1. The number of benzene rings is 1. The Balaban J connectivity index is 0. The van der Waals surface area contributed by atoms with Crippen molar-refractivity contribution in [3.8, 4) is 0 Å². The van der Waals surface area contributed by atoms with Gasteiger partial charge >= 0.3 is 0 Å². The molecule has 18 heavy (non-hydrogen) atoms. The minimum Gasteiger partial charge on any atom is -0.383 e. The fraction of sp³-hybridized carbons (Fsp3) is 0.625. The van der Waals surface area contributed by atoms with Crippen LogP contribution in [0.5, 0.6) is 0 Å². The summed E-state index contributed by atoms with van der Waals surface area (Å²) in [6.45, 7) is 15.0. The Morgan fingerprint density at radius 2 is 1.50 bits per heavy atom. The number of aryl methyl sites for hydroxylation is 1. The first-order valence-electron chi connectivity index (χ1n) is 7.08. The van der Waals surface area contributed by atoms with Gasteiger partial charge in [-0.3, -0.25) is 0 Å². The van der Waals surface area contributed by atoms with E-state index in [0.717, 1.165) is 19.7 Å². The number of rotatable bonds is 5. The summed E-state index contributed by atoms with van der Waals surface area (Å²) in [4.78, 5) is 2.31. The van der Waals surface area contributed by atoms with E-state index in [4.69, 9.17) is 4.74 Å². The second kappa shape index (κ2) is 14.0. The molecule has 0 saturated carbocycles. The van der Waals surface area contributed by atoms with Crippen LogP contribution in [0, 0.1) is 6.92 Å². The van der Waals surface area contributed by atoms with Crippen LogP contribution < -0.4 is 4.90 Å². The van der Waals surface area contributed by atoms with E-state index in [9.17, 15) is 0 Å². The number of methoxy groups -OCH3 is 1. The summed E-state index contributed by atoms with van der Waals surface area (Å²) in [6, 6.07) is 8.61. The first kappa shape index (κ1) is 19.3. The van der Waals surface area contributed by atoms with Crippen molar-refractivity contribution in [1.29, 1.82) is 0 Å². The summed E-state index contributed by atoms with van der Waals surface area (Å²) >= 11 is 0. The van der Waals surface area contributed by atoms with Gasteiger partial charge in [-0.25, -0.2) is 0 Å². The maximum absolute atomic E-state index is 5.08. The molecule has 0 unspecified atom stereocenters. The lowest BCUT2D eigenvalue weighted by molar-refractivity contribution is 0.205. The molecule has 0 aliphatic carbocycles. The number of anilines is 1. The van der Waals surface area contributed by atoms with Crippen LogP contribution >= 0.6 is 0 Å².